The zero-order valence-electron chi connectivity index (χ0n) is 12.2. The van der Waals surface area contributed by atoms with Crippen LogP contribution in [0.2, 0.25) is 0 Å². The summed E-state index contributed by atoms with van der Waals surface area (Å²) in [6, 6.07) is 2.15. The fourth-order valence-electron chi connectivity index (χ4n) is 2.41. The van der Waals surface area contributed by atoms with Crippen LogP contribution in [0.25, 0.3) is 0 Å². The molecule has 1 fully saturated rings. The van der Waals surface area contributed by atoms with Crippen molar-refractivity contribution in [1.29, 1.82) is 0 Å². The van der Waals surface area contributed by atoms with Crippen LogP contribution in [-0.4, -0.2) is 54.6 Å². The third-order valence-electron chi connectivity index (χ3n) is 3.53. The molecule has 0 radical (unpaired) electrons. The third kappa shape index (κ3) is 4.07. The quantitative estimate of drug-likeness (QED) is 0.851. The standard InChI is InChI=1S/C14H23BrN4O/c1-11(2)19-10-12(15)9-13(19)14(20)17-5-8-18-6-3-16-4-7-18/h9-11,16H,3-8H2,1-2H3,(H,17,20). The Kier molecular flexibility index (Phi) is 5.63. The molecule has 0 unspecified atom stereocenters. The molecule has 0 aromatic carbocycles. The first-order chi connectivity index (χ1) is 9.58. The minimum absolute atomic E-state index is 0.000431. The summed E-state index contributed by atoms with van der Waals surface area (Å²) in [5.74, 6) is -0.000431. The van der Waals surface area contributed by atoms with Gasteiger partial charge in [0, 0.05) is 56.0 Å². The summed E-state index contributed by atoms with van der Waals surface area (Å²) in [7, 11) is 0. The number of piperazine rings is 1. The smallest absolute Gasteiger partial charge is 0.268 e. The van der Waals surface area contributed by atoms with Crippen LogP contribution < -0.4 is 10.6 Å². The molecule has 0 spiro atoms. The molecule has 1 aliphatic rings. The van der Waals surface area contributed by atoms with Crippen molar-refractivity contribution in [3.63, 3.8) is 0 Å². The molecule has 1 aromatic heterocycles. The fourth-order valence-corrected chi connectivity index (χ4v) is 2.85. The van der Waals surface area contributed by atoms with Crippen LogP contribution in [0.15, 0.2) is 16.7 Å². The lowest BCUT2D eigenvalue weighted by Gasteiger charge is -2.27. The molecule has 6 heteroatoms. The van der Waals surface area contributed by atoms with Crippen LogP contribution in [-0.2, 0) is 0 Å². The second-order valence-electron chi connectivity index (χ2n) is 5.39. The van der Waals surface area contributed by atoms with Crippen molar-refractivity contribution in [3.8, 4) is 0 Å². The van der Waals surface area contributed by atoms with Gasteiger partial charge in [-0.25, -0.2) is 0 Å². The number of halogens is 1. The Labute approximate surface area is 128 Å². The van der Waals surface area contributed by atoms with Gasteiger partial charge in [0.25, 0.3) is 5.91 Å². The number of carbonyl (C=O) groups excluding carboxylic acids is 1. The normalized spacial score (nSPS) is 16.6. The first-order valence-electron chi connectivity index (χ1n) is 7.16. The Balaban J connectivity index is 1.85. The summed E-state index contributed by atoms with van der Waals surface area (Å²) < 4.78 is 2.93. The highest BCUT2D eigenvalue weighted by Gasteiger charge is 2.15. The molecule has 2 heterocycles. The molecule has 2 rings (SSSR count). The summed E-state index contributed by atoms with van der Waals surface area (Å²) in [5.41, 5.74) is 0.715. The highest BCUT2D eigenvalue weighted by atomic mass is 79.9. The number of carbonyl (C=O) groups is 1. The van der Waals surface area contributed by atoms with Crippen LogP contribution in [0.5, 0.6) is 0 Å². The maximum atomic E-state index is 12.2. The molecule has 20 heavy (non-hydrogen) atoms. The van der Waals surface area contributed by atoms with E-state index in [2.05, 4.69) is 45.3 Å². The van der Waals surface area contributed by atoms with Gasteiger partial charge in [-0.1, -0.05) is 0 Å². The molecule has 112 valence electrons. The minimum Gasteiger partial charge on any atom is -0.349 e. The Hall–Kier alpha value is -0.850. The van der Waals surface area contributed by atoms with E-state index in [4.69, 9.17) is 0 Å². The van der Waals surface area contributed by atoms with E-state index in [9.17, 15) is 4.79 Å². The maximum absolute atomic E-state index is 12.2. The van der Waals surface area contributed by atoms with Crippen molar-refractivity contribution in [2.45, 2.75) is 19.9 Å². The molecule has 1 amide bonds. The fraction of sp³-hybridized carbons (Fsp3) is 0.643. The lowest BCUT2D eigenvalue weighted by molar-refractivity contribution is 0.0936. The summed E-state index contributed by atoms with van der Waals surface area (Å²) >= 11 is 3.43. The van der Waals surface area contributed by atoms with E-state index in [0.717, 1.165) is 37.2 Å². The van der Waals surface area contributed by atoms with Gasteiger partial charge < -0.3 is 15.2 Å². The number of rotatable bonds is 5. The second kappa shape index (κ2) is 7.24. The van der Waals surface area contributed by atoms with Crippen molar-refractivity contribution < 1.29 is 4.79 Å². The van der Waals surface area contributed by atoms with Gasteiger partial charge in [0.15, 0.2) is 0 Å². The minimum atomic E-state index is -0.000431. The van der Waals surface area contributed by atoms with Crippen molar-refractivity contribution in [2.24, 2.45) is 0 Å². The number of nitrogens with one attached hydrogen (secondary N) is 2. The van der Waals surface area contributed by atoms with Crippen LogP contribution in [0.4, 0.5) is 0 Å². The van der Waals surface area contributed by atoms with Crippen molar-refractivity contribution in [1.82, 2.24) is 20.1 Å². The molecular weight excluding hydrogens is 320 g/mol. The van der Waals surface area contributed by atoms with E-state index >= 15 is 0 Å². The first-order valence-corrected chi connectivity index (χ1v) is 7.96. The summed E-state index contributed by atoms with van der Waals surface area (Å²) in [5, 5.41) is 6.34. The molecule has 1 aliphatic heterocycles. The molecule has 0 bridgehead atoms. The molecule has 5 nitrogen and oxygen atoms in total. The van der Waals surface area contributed by atoms with Crippen molar-refractivity contribution in [2.75, 3.05) is 39.3 Å². The van der Waals surface area contributed by atoms with Gasteiger partial charge in [-0.2, -0.15) is 0 Å². The van der Waals surface area contributed by atoms with Gasteiger partial charge in [-0.3, -0.25) is 9.69 Å². The predicted molar refractivity (Wildman–Crippen MR) is 84.2 cm³/mol. The monoisotopic (exact) mass is 342 g/mol. The van der Waals surface area contributed by atoms with Gasteiger partial charge in [-0.15, -0.1) is 0 Å². The van der Waals surface area contributed by atoms with Gasteiger partial charge in [-0.05, 0) is 35.8 Å². The average Bonchev–Trinajstić information content (AvgIpc) is 2.82. The van der Waals surface area contributed by atoms with E-state index in [-0.39, 0.29) is 11.9 Å². The van der Waals surface area contributed by atoms with E-state index in [0.29, 0.717) is 12.2 Å². The molecular formula is C14H23BrN4O. The Morgan fingerprint density at radius 1 is 1.45 bits per heavy atom. The molecule has 0 saturated carbocycles. The van der Waals surface area contributed by atoms with Gasteiger partial charge in [0.05, 0.1) is 0 Å². The van der Waals surface area contributed by atoms with Gasteiger partial charge >= 0.3 is 0 Å². The highest BCUT2D eigenvalue weighted by Crippen LogP contribution is 2.19. The lowest BCUT2D eigenvalue weighted by atomic mass is 10.3. The number of aromatic nitrogens is 1. The molecule has 1 saturated heterocycles. The van der Waals surface area contributed by atoms with Crippen LogP contribution >= 0.6 is 15.9 Å². The Morgan fingerprint density at radius 3 is 2.80 bits per heavy atom. The molecule has 0 aliphatic carbocycles. The largest absolute Gasteiger partial charge is 0.349 e. The highest BCUT2D eigenvalue weighted by molar-refractivity contribution is 9.10. The maximum Gasteiger partial charge on any atom is 0.268 e. The average molecular weight is 343 g/mol. The summed E-state index contributed by atoms with van der Waals surface area (Å²) in [4.78, 5) is 14.6. The van der Waals surface area contributed by atoms with Crippen LogP contribution in [0.1, 0.15) is 30.4 Å². The number of amides is 1. The third-order valence-corrected chi connectivity index (χ3v) is 3.96. The van der Waals surface area contributed by atoms with Crippen LogP contribution in [0.3, 0.4) is 0 Å². The van der Waals surface area contributed by atoms with E-state index in [1.807, 2.05) is 16.8 Å². The van der Waals surface area contributed by atoms with Crippen molar-refractivity contribution in [3.05, 3.63) is 22.4 Å². The second-order valence-corrected chi connectivity index (χ2v) is 6.31. The zero-order chi connectivity index (χ0) is 14.5. The number of nitrogens with zero attached hydrogens (tertiary/aromatic N) is 2. The van der Waals surface area contributed by atoms with E-state index in [1.54, 1.807) is 0 Å². The Bertz CT molecular complexity index is 452. The number of hydrogen-bond donors (Lipinski definition) is 2. The van der Waals surface area contributed by atoms with Crippen molar-refractivity contribution >= 4 is 21.8 Å². The summed E-state index contributed by atoms with van der Waals surface area (Å²) in [6.45, 7) is 9.95. The van der Waals surface area contributed by atoms with E-state index < -0.39 is 0 Å². The topological polar surface area (TPSA) is 49.3 Å². The zero-order valence-corrected chi connectivity index (χ0v) is 13.7. The lowest BCUT2D eigenvalue weighted by Crippen LogP contribution is -2.46. The predicted octanol–water partition coefficient (Wildman–Crippen LogP) is 1.47. The van der Waals surface area contributed by atoms with Gasteiger partial charge in [0.1, 0.15) is 5.69 Å². The first kappa shape index (κ1) is 15.5. The molecule has 1 aromatic rings. The molecule has 0 atom stereocenters. The Morgan fingerprint density at radius 2 is 2.15 bits per heavy atom. The number of hydrogen-bond acceptors (Lipinski definition) is 3. The summed E-state index contributed by atoms with van der Waals surface area (Å²) in [6.07, 6.45) is 1.95. The van der Waals surface area contributed by atoms with Gasteiger partial charge in [0.2, 0.25) is 0 Å². The van der Waals surface area contributed by atoms with E-state index in [1.165, 1.54) is 0 Å². The molecule has 2 N–H and O–H groups in total. The van der Waals surface area contributed by atoms with Crippen LogP contribution in [0, 0.1) is 0 Å². The SMILES string of the molecule is CC(C)n1cc(Br)cc1C(=O)NCCN1CCNCC1.